The molecule has 5 rings (SSSR count). The van der Waals surface area contributed by atoms with Crippen molar-refractivity contribution in [2.75, 3.05) is 10.6 Å². The lowest BCUT2D eigenvalue weighted by atomic mass is 9.91. The minimum absolute atomic E-state index is 0.0534. The first-order valence-electron chi connectivity index (χ1n) is 10.9. The van der Waals surface area contributed by atoms with E-state index in [9.17, 15) is 26.3 Å². The molecule has 4 heterocycles. The fourth-order valence-electron chi connectivity index (χ4n) is 4.33. The van der Waals surface area contributed by atoms with E-state index in [4.69, 9.17) is 0 Å². The van der Waals surface area contributed by atoms with Crippen LogP contribution in [0.15, 0.2) is 42.7 Å². The molecule has 1 aliphatic rings. The van der Waals surface area contributed by atoms with Crippen LogP contribution < -0.4 is 10.6 Å². The van der Waals surface area contributed by atoms with Crippen molar-refractivity contribution in [1.29, 1.82) is 0 Å². The van der Waals surface area contributed by atoms with E-state index in [1.807, 2.05) is 6.07 Å². The predicted molar refractivity (Wildman–Crippen MR) is 116 cm³/mol. The second kappa shape index (κ2) is 8.54. The first-order valence-corrected chi connectivity index (χ1v) is 10.9. The third-order valence-electron chi connectivity index (χ3n) is 5.90. The number of nitrogens with zero attached hydrogens (tertiary/aromatic N) is 5. The van der Waals surface area contributed by atoms with Crippen molar-refractivity contribution in [3.05, 3.63) is 54.1 Å². The molecule has 35 heavy (non-hydrogen) atoms. The Labute approximate surface area is 194 Å². The molecule has 0 amide bonds. The number of alkyl halides is 6. The van der Waals surface area contributed by atoms with Gasteiger partial charge < -0.3 is 10.6 Å². The average Bonchev–Trinajstić information content (AvgIpc) is 3.25. The summed E-state index contributed by atoms with van der Waals surface area (Å²) >= 11 is 0. The lowest BCUT2D eigenvalue weighted by molar-refractivity contribution is -0.142. The molecule has 2 N–H and O–H groups in total. The second-order valence-corrected chi connectivity index (χ2v) is 8.40. The highest BCUT2D eigenvalue weighted by Gasteiger charge is 2.37. The highest BCUT2D eigenvalue weighted by Crippen LogP contribution is 2.34. The van der Waals surface area contributed by atoms with E-state index in [-0.39, 0.29) is 17.9 Å². The van der Waals surface area contributed by atoms with Crippen molar-refractivity contribution in [3.8, 4) is 0 Å². The summed E-state index contributed by atoms with van der Waals surface area (Å²) in [5, 5.41) is 10.7. The molecule has 184 valence electrons. The van der Waals surface area contributed by atoms with Crippen molar-refractivity contribution in [1.82, 2.24) is 24.6 Å². The van der Waals surface area contributed by atoms with Crippen LogP contribution in [0.3, 0.4) is 0 Å². The molecule has 0 aliphatic heterocycles. The standard InChI is InChI=1S/C22H19F6N7/c23-21(24,25)16-10-18(35-19(33-16)11-17(34-35)22(26,27)28)31-12-3-1-4-13(9-12)32-20-14-5-2-7-29-15(14)6-8-30-20/h2,5-8,10-13,31H,1,3-4,9H2,(H,30,32)/t12-,13+/m0/s1. The lowest BCUT2D eigenvalue weighted by Gasteiger charge is -2.31. The van der Waals surface area contributed by atoms with Gasteiger partial charge >= 0.3 is 12.4 Å². The Balaban J connectivity index is 1.41. The monoisotopic (exact) mass is 495 g/mol. The average molecular weight is 495 g/mol. The van der Waals surface area contributed by atoms with E-state index >= 15 is 0 Å². The van der Waals surface area contributed by atoms with Crippen molar-refractivity contribution in [2.45, 2.75) is 50.1 Å². The SMILES string of the molecule is FC(F)(F)c1cc(N[C@H]2CCC[C@@H](Nc3nccc4ncccc34)C2)n2nc(C(F)(F)F)cc2n1. The van der Waals surface area contributed by atoms with Crippen molar-refractivity contribution in [3.63, 3.8) is 0 Å². The van der Waals surface area contributed by atoms with Gasteiger partial charge in [-0.3, -0.25) is 4.98 Å². The minimum atomic E-state index is -4.83. The Kier molecular flexibility index (Phi) is 5.64. The molecule has 0 spiro atoms. The fraction of sp³-hybridized carbons (Fsp3) is 0.364. The zero-order valence-corrected chi connectivity index (χ0v) is 18.0. The highest BCUT2D eigenvalue weighted by molar-refractivity contribution is 5.88. The molecule has 2 atom stereocenters. The molecule has 1 aliphatic carbocycles. The van der Waals surface area contributed by atoms with Gasteiger partial charge in [0, 0.05) is 42.0 Å². The number of fused-ring (bicyclic) bond motifs is 2. The summed E-state index contributed by atoms with van der Waals surface area (Å²) in [6.07, 6.45) is -3.63. The van der Waals surface area contributed by atoms with Crippen LogP contribution in [0.1, 0.15) is 37.1 Å². The van der Waals surface area contributed by atoms with Crippen molar-refractivity contribution >= 4 is 28.2 Å². The van der Waals surface area contributed by atoms with Crippen molar-refractivity contribution < 1.29 is 26.3 Å². The molecule has 7 nitrogen and oxygen atoms in total. The van der Waals surface area contributed by atoms with Crippen LogP contribution in [0, 0.1) is 0 Å². The molecular weight excluding hydrogens is 476 g/mol. The van der Waals surface area contributed by atoms with Crippen LogP contribution in [-0.4, -0.2) is 36.6 Å². The molecule has 0 unspecified atom stereocenters. The van der Waals surface area contributed by atoms with E-state index in [1.54, 1.807) is 24.5 Å². The largest absolute Gasteiger partial charge is 0.435 e. The van der Waals surface area contributed by atoms with Crippen LogP contribution in [0.2, 0.25) is 0 Å². The maximum Gasteiger partial charge on any atom is 0.435 e. The summed E-state index contributed by atoms with van der Waals surface area (Å²) in [6.45, 7) is 0. The molecular formula is C22H19F6N7. The number of hydrogen-bond donors (Lipinski definition) is 2. The first-order chi connectivity index (χ1) is 16.6. The van der Waals surface area contributed by atoms with Crippen molar-refractivity contribution in [2.24, 2.45) is 0 Å². The maximum absolute atomic E-state index is 13.4. The molecule has 1 saturated carbocycles. The van der Waals surface area contributed by atoms with E-state index in [1.165, 1.54) is 0 Å². The zero-order valence-electron chi connectivity index (χ0n) is 18.0. The summed E-state index contributed by atoms with van der Waals surface area (Å²) < 4.78 is 80.4. The van der Waals surface area contributed by atoms with E-state index < -0.39 is 29.4 Å². The number of hydrogen-bond acceptors (Lipinski definition) is 6. The molecule has 1 fully saturated rings. The Morgan fingerprint density at radius 1 is 0.857 bits per heavy atom. The minimum Gasteiger partial charge on any atom is -0.367 e. The van der Waals surface area contributed by atoms with E-state index in [0.29, 0.717) is 30.8 Å². The van der Waals surface area contributed by atoms with Gasteiger partial charge in [0.05, 0.1) is 5.52 Å². The fourth-order valence-corrected chi connectivity index (χ4v) is 4.33. The smallest absolute Gasteiger partial charge is 0.367 e. The summed E-state index contributed by atoms with van der Waals surface area (Å²) in [7, 11) is 0. The Hall–Kier alpha value is -3.64. The van der Waals surface area contributed by atoms with E-state index in [0.717, 1.165) is 28.3 Å². The summed E-state index contributed by atoms with van der Waals surface area (Å²) in [5.74, 6) is 0.449. The summed E-state index contributed by atoms with van der Waals surface area (Å²) in [4.78, 5) is 12.0. The Bertz CT molecular complexity index is 1360. The number of anilines is 2. The van der Waals surface area contributed by atoms with Gasteiger partial charge in [-0.25, -0.2) is 9.97 Å². The molecule has 13 heteroatoms. The summed E-state index contributed by atoms with van der Waals surface area (Å²) in [5.41, 5.74) is -2.37. The number of aromatic nitrogens is 5. The molecule has 0 saturated heterocycles. The topological polar surface area (TPSA) is 80.0 Å². The summed E-state index contributed by atoms with van der Waals surface area (Å²) in [6, 6.07) is 6.31. The van der Waals surface area contributed by atoms with Gasteiger partial charge in [-0.05, 0) is 43.9 Å². The quantitative estimate of drug-likeness (QED) is 0.362. The molecule has 0 radical (unpaired) electrons. The van der Waals surface area contributed by atoms with Crippen LogP contribution in [0.5, 0.6) is 0 Å². The number of halogens is 6. The van der Waals surface area contributed by atoms with Gasteiger partial charge in [0.2, 0.25) is 0 Å². The van der Waals surface area contributed by atoms with Crippen LogP contribution in [-0.2, 0) is 12.4 Å². The molecule has 4 aromatic heterocycles. The van der Waals surface area contributed by atoms with Gasteiger partial charge in [0.25, 0.3) is 0 Å². The molecule has 0 aromatic carbocycles. The third-order valence-corrected chi connectivity index (χ3v) is 5.90. The van der Waals surface area contributed by atoms with Gasteiger partial charge in [0.1, 0.15) is 11.6 Å². The normalized spacial score (nSPS) is 19.3. The van der Waals surface area contributed by atoms with Crippen LogP contribution in [0.25, 0.3) is 16.6 Å². The number of rotatable bonds is 4. The lowest BCUT2D eigenvalue weighted by Crippen LogP contribution is -2.35. The Morgan fingerprint density at radius 2 is 1.60 bits per heavy atom. The first kappa shape index (κ1) is 23.1. The molecule has 0 bridgehead atoms. The third kappa shape index (κ3) is 4.80. The second-order valence-electron chi connectivity index (χ2n) is 8.40. The number of pyridine rings is 2. The van der Waals surface area contributed by atoms with Crippen LogP contribution >= 0.6 is 0 Å². The van der Waals surface area contributed by atoms with Gasteiger partial charge in [-0.2, -0.15) is 36.0 Å². The number of nitrogens with one attached hydrogen (secondary N) is 2. The predicted octanol–water partition coefficient (Wildman–Crippen LogP) is 5.55. The van der Waals surface area contributed by atoms with Gasteiger partial charge in [0.15, 0.2) is 17.0 Å². The Morgan fingerprint density at radius 3 is 2.34 bits per heavy atom. The van der Waals surface area contributed by atoms with E-state index in [2.05, 4.69) is 30.7 Å². The van der Waals surface area contributed by atoms with Crippen LogP contribution in [0.4, 0.5) is 38.0 Å². The van der Waals surface area contributed by atoms with Gasteiger partial charge in [-0.1, -0.05) is 0 Å². The highest BCUT2D eigenvalue weighted by atomic mass is 19.4. The zero-order chi connectivity index (χ0) is 24.8. The molecule has 4 aromatic rings. The van der Waals surface area contributed by atoms with Gasteiger partial charge in [-0.15, -0.1) is 0 Å². The maximum atomic E-state index is 13.4.